The molecule has 6 atom stereocenters. The predicted molar refractivity (Wildman–Crippen MR) is 308 cm³/mol. The van der Waals surface area contributed by atoms with Crippen LogP contribution in [0.5, 0.6) is 0 Å². The van der Waals surface area contributed by atoms with Crippen LogP contribution in [0.2, 0.25) is 0 Å². The van der Waals surface area contributed by atoms with E-state index in [0.717, 1.165) is 14.2 Å². The van der Waals surface area contributed by atoms with Crippen LogP contribution in [-0.2, 0) is 66.8 Å². The zero-order valence-corrected chi connectivity index (χ0v) is 52.6. The third-order valence-electron chi connectivity index (χ3n) is 11.3. The van der Waals surface area contributed by atoms with Crippen molar-refractivity contribution in [3.63, 3.8) is 0 Å². The number of nitrogens with one attached hydrogen (secondary N) is 4. The highest BCUT2D eigenvalue weighted by atomic mass is 32.2. The molecule has 0 spiro atoms. The summed E-state index contributed by atoms with van der Waals surface area (Å²) in [6.45, 7) is 18.8. The van der Waals surface area contributed by atoms with E-state index >= 15 is 0 Å². The van der Waals surface area contributed by atoms with Gasteiger partial charge in [0.2, 0.25) is 35.4 Å². The molecular weight excluding hydrogens is 1120 g/mol. The summed E-state index contributed by atoms with van der Waals surface area (Å²) in [5.41, 5.74) is -1.71. The van der Waals surface area contributed by atoms with Gasteiger partial charge in [0.1, 0.15) is 73.8 Å². The number of carbonyl (C=O) groups excluding carboxylic acids is 12. The van der Waals surface area contributed by atoms with Gasteiger partial charge in [0.15, 0.2) is 0 Å². The lowest BCUT2D eigenvalue weighted by atomic mass is 10.1. The second-order valence-corrected chi connectivity index (χ2v) is 21.9. The molecule has 0 radical (unpaired) electrons. The van der Waals surface area contributed by atoms with E-state index in [9.17, 15) is 57.5 Å². The van der Waals surface area contributed by atoms with Crippen molar-refractivity contribution < 1.29 is 86.0 Å². The van der Waals surface area contributed by atoms with Crippen LogP contribution in [0.3, 0.4) is 0 Å². The molecule has 30 heteroatoms. The lowest BCUT2D eigenvalue weighted by molar-refractivity contribution is -0.146. The van der Waals surface area contributed by atoms with Crippen LogP contribution in [0.25, 0.3) is 0 Å². The summed E-state index contributed by atoms with van der Waals surface area (Å²) in [7, 11) is 10.9. The fourth-order valence-corrected chi connectivity index (χ4v) is 8.33. The monoisotopic (exact) mass is 1210 g/mol. The van der Waals surface area contributed by atoms with Crippen molar-refractivity contribution >= 4 is 95.3 Å². The van der Waals surface area contributed by atoms with Crippen molar-refractivity contribution in [1.29, 1.82) is 0 Å². The molecule has 28 nitrogen and oxygen atoms in total. The Morgan fingerprint density at radius 3 is 1.05 bits per heavy atom. The van der Waals surface area contributed by atoms with E-state index in [-0.39, 0.29) is 50.7 Å². The molecule has 0 aliphatic carbocycles. The summed E-state index contributed by atoms with van der Waals surface area (Å²) >= 11 is 2.65. The molecule has 0 aliphatic rings. The number of hydrogen-bond donors (Lipinski definition) is 4. The fourth-order valence-electron chi connectivity index (χ4n) is 6.97. The molecule has 10 amide bonds. The molecule has 82 heavy (non-hydrogen) atoms. The molecule has 0 unspecified atom stereocenters. The molecule has 468 valence electrons. The number of methoxy groups -OCH3 is 2. The minimum Gasteiger partial charge on any atom is -0.468 e. The van der Waals surface area contributed by atoms with Crippen LogP contribution in [0, 0.1) is 0 Å². The van der Waals surface area contributed by atoms with E-state index in [1.54, 1.807) is 67.9 Å². The summed E-state index contributed by atoms with van der Waals surface area (Å²) < 4.78 is 29.6. The first-order valence-corrected chi connectivity index (χ1v) is 28.6. The third kappa shape index (κ3) is 28.6. The maximum absolute atomic E-state index is 13.6. The van der Waals surface area contributed by atoms with E-state index in [4.69, 9.17) is 18.9 Å². The summed E-state index contributed by atoms with van der Waals surface area (Å²) in [6.07, 6.45) is 3.65. The summed E-state index contributed by atoms with van der Waals surface area (Å²) in [5.74, 6) is -4.48. The predicted octanol–water partition coefficient (Wildman–Crippen LogP) is 1.70. The van der Waals surface area contributed by atoms with Crippen LogP contribution in [0.15, 0.2) is 25.3 Å². The van der Waals surface area contributed by atoms with Crippen molar-refractivity contribution in [2.24, 2.45) is 0 Å². The molecule has 0 saturated heterocycles. The maximum Gasteiger partial charge on any atom is 0.410 e. The molecule has 0 saturated carbocycles. The number of ether oxygens (including phenoxy) is 6. The topological polar surface area (TPSA) is 328 Å². The van der Waals surface area contributed by atoms with Crippen molar-refractivity contribution in [1.82, 2.24) is 50.7 Å². The van der Waals surface area contributed by atoms with Gasteiger partial charge in [-0.05, 0) is 66.9 Å². The molecule has 0 rings (SSSR count). The van der Waals surface area contributed by atoms with E-state index < -0.39 is 132 Å². The average Bonchev–Trinajstić information content (AvgIpc) is 3.40. The Balaban J connectivity index is 0. The lowest BCUT2D eigenvalue weighted by Crippen LogP contribution is -2.58. The number of thioether (sulfide) groups is 2. The highest BCUT2D eigenvalue weighted by Gasteiger charge is 2.39. The Labute approximate surface area is 491 Å². The second-order valence-electron chi connectivity index (χ2n) is 20.1. The highest BCUT2D eigenvalue weighted by Crippen LogP contribution is 2.17. The van der Waals surface area contributed by atoms with Gasteiger partial charge in [-0.1, -0.05) is 39.2 Å². The number of rotatable bonds is 30. The Hall–Kier alpha value is -6.98. The Morgan fingerprint density at radius 1 is 0.500 bits per heavy atom. The smallest absolute Gasteiger partial charge is 0.410 e. The van der Waals surface area contributed by atoms with Crippen molar-refractivity contribution in [2.75, 3.05) is 120 Å². The molecule has 0 aliphatic heterocycles. The number of nitrogens with zero attached hydrogens (tertiary/aromatic N) is 6. The fraction of sp³-hybridized carbons (Fsp3) is 0.692. The Bertz CT molecular complexity index is 2030. The molecule has 0 fully saturated rings. The Kier molecular flexibility index (Phi) is 36.4. The molecule has 0 aromatic carbocycles. The third-order valence-corrected chi connectivity index (χ3v) is 12.6. The zero-order valence-electron chi connectivity index (χ0n) is 51.0. The summed E-state index contributed by atoms with van der Waals surface area (Å²) in [6, 6.07) is -6.32. The van der Waals surface area contributed by atoms with Gasteiger partial charge in [0.05, 0.1) is 14.2 Å². The van der Waals surface area contributed by atoms with E-state index in [0.29, 0.717) is 0 Å². The SMILES string of the molecule is C=CCOC(=O)N(C)[C@@H](CC)C(=O)N(C)[C@@H](CSC)C(=O)N(C)C[C@@H](NC(=O)OC(C)(C)C)C(=O)NCC(=O)OC.C=CCOC(=O)N(C)[C@@H](CC)C(=O)N(C)[C@@H](CSC)C(=O)N(C)C[C@H](NC(=O)OC(C)(C)C)C(=O)NCC(=O)OC. The highest BCUT2D eigenvalue weighted by molar-refractivity contribution is 7.98. The van der Waals surface area contributed by atoms with Crippen LogP contribution in [0.1, 0.15) is 68.2 Å². The van der Waals surface area contributed by atoms with Gasteiger partial charge in [-0.3, -0.25) is 48.2 Å². The number of likely N-dealkylation sites (N-methyl/N-ethyl adjacent to an activating group) is 6. The number of alkyl carbamates (subject to hydrolysis) is 2. The first-order chi connectivity index (χ1) is 38.1. The van der Waals surface area contributed by atoms with Gasteiger partial charge in [-0.25, -0.2) is 19.2 Å². The van der Waals surface area contributed by atoms with Gasteiger partial charge >= 0.3 is 36.3 Å². The average molecular weight is 1210 g/mol. The van der Waals surface area contributed by atoms with Crippen LogP contribution >= 0.6 is 23.5 Å². The van der Waals surface area contributed by atoms with Gasteiger partial charge in [-0.15, -0.1) is 0 Å². The summed E-state index contributed by atoms with van der Waals surface area (Å²) in [5, 5.41) is 9.56. The molecule has 4 N–H and O–H groups in total. The molecular formula is C52H90N10O18S2. The lowest BCUT2D eigenvalue weighted by Gasteiger charge is -2.35. The second kappa shape index (κ2) is 38.7. The van der Waals surface area contributed by atoms with E-state index in [2.05, 4.69) is 43.9 Å². The number of amides is 10. The maximum atomic E-state index is 13.6. The molecule has 0 aromatic heterocycles. The van der Waals surface area contributed by atoms with Crippen molar-refractivity contribution in [3.8, 4) is 0 Å². The zero-order chi connectivity index (χ0) is 63.8. The number of hydrogen-bond acceptors (Lipinski definition) is 20. The van der Waals surface area contributed by atoms with Gasteiger partial charge in [0, 0.05) is 66.9 Å². The minimum atomic E-state index is -1.30. The minimum absolute atomic E-state index is 0.0201. The van der Waals surface area contributed by atoms with E-state index in [1.165, 1.54) is 107 Å². The number of carbonyl (C=O) groups is 12. The standard InChI is InChI=1S/2C26H45N5O9S/c2*1-11-13-39-25(37)31(8)18(12-2)23(35)30(7)19(16-41-10)22(34)29(6)15-17(21(33)27-14-20(32)38-9)28-24(36)40-26(3,4)5/h2*11,17-19H,1,12-16H2,2-10H3,(H,27,33)(H,28,36)/t17-,18+,19+;17-,18-,19-/m10/s1. The number of esters is 2. The van der Waals surface area contributed by atoms with Crippen LogP contribution in [0.4, 0.5) is 19.2 Å². The van der Waals surface area contributed by atoms with Crippen molar-refractivity contribution in [2.45, 2.75) is 116 Å². The summed E-state index contributed by atoms with van der Waals surface area (Å²) in [4.78, 5) is 159. The first-order valence-electron chi connectivity index (χ1n) is 25.8. The van der Waals surface area contributed by atoms with Gasteiger partial charge in [0.25, 0.3) is 0 Å². The van der Waals surface area contributed by atoms with Gasteiger partial charge in [-0.2, -0.15) is 23.5 Å². The normalized spacial score (nSPS) is 13.0. The van der Waals surface area contributed by atoms with Gasteiger partial charge < -0.3 is 69.3 Å². The molecule has 0 heterocycles. The first kappa shape index (κ1) is 77.1. The largest absolute Gasteiger partial charge is 0.468 e. The molecule has 0 bridgehead atoms. The Morgan fingerprint density at radius 2 is 0.805 bits per heavy atom. The van der Waals surface area contributed by atoms with Crippen molar-refractivity contribution in [3.05, 3.63) is 25.3 Å². The van der Waals surface area contributed by atoms with Crippen LogP contribution in [-0.4, -0.2) is 269 Å². The van der Waals surface area contributed by atoms with E-state index in [1.807, 2.05) is 0 Å². The quantitative estimate of drug-likeness (QED) is 0.0452. The molecule has 0 aromatic rings. The van der Waals surface area contributed by atoms with Crippen LogP contribution < -0.4 is 21.3 Å².